The van der Waals surface area contributed by atoms with Gasteiger partial charge in [-0.3, -0.25) is 0 Å². The van der Waals surface area contributed by atoms with Gasteiger partial charge in [-0.05, 0) is 36.1 Å². The van der Waals surface area contributed by atoms with Gasteiger partial charge in [0.05, 0.1) is 13.2 Å². The predicted molar refractivity (Wildman–Crippen MR) is 122 cm³/mol. The molecule has 2 aromatic heterocycles. The van der Waals surface area contributed by atoms with Crippen LogP contribution in [-0.4, -0.2) is 45.8 Å². The molecule has 0 aliphatic carbocycles. The lowest BCUT2D eigenvalue weighted by Gasteiger charge is -2.23. The topological polar surface area (TPSA) is 67.6 Å². The molecule has 0 saturated heterocycles. The van der Waals surface area contributed by atoms with Crippen molar-refractivity contribution >= 4 is 17.3 Å². The molecule has 0 aliphatic rings. The Morgan fingerprint density at radius 1 is 1.23 bits per heavy atom. The van der Waals surface area contributed by atoms with Crippen LogP contribution in [0.15, 0.2) is 53.1 Å². The van der Waals surface area contributed by atoms with Crippen molar-refractivity contribution < 1.29 is 4.74 Å². The van der Waals surface area contributed by atoms with Gasteiger partial charge in [0.25, 0.3) is 0 Å². The van der Waals surface area contributed by atoms with Gasteiger partial charge < -0.3 is 19.5 Å². The maximum absolute atomic E-state index is 5.54. The highest BCUT2D eigenvalue weighted by Gasteiger charge is 2.09. The number of aromatic nitrogens is 3. The van der Waals surface area contributed by atoms with Crippen molar-refractivity contribution in [1.82, 2.24) is 25.0 Å². The molecule has 8 heteroatoms. The van der Waals surface area contributed by atoms with Crippen LogP contribution in [0.2, 0.25) is 0 Å². The van der Waals surface area contributed by atoms with Crippen LogP contribution >= 0.6 is 11.3 Å². The second kappa shape index (κ2) is 11.3. The van der Waals surface area contributed by atoms with E-state index in [4.69, 9.17) is 9.73 Å². The molecule has 160 valence electrons. The molecule has 2 heterocycles. The van der Waals surface area contributed by atoms with Crippen LogP contribution in [0.5, 0.6) is 5.75 Å². The van der Waals surface area contributed by atoms with E-state index < -0.39 is 0 Å². The monoisotopic (exact) mass is 426 g/mol. The van der Waals surface area contributed by atoms with E-state index in [2.05, 4.69) is 68.6 Å². The van der Waals surface area contributed by atoms with E-state index in [9.17, 15) is 0 Å². The average molecular weight is 427 g/mol. The summed E-state index contributed by atoms with van der Waals surface area (Å²) in [5, 5.41) is 13.7. The maximum Gasteiger partial charge on any atom is 0.194 e. The van der Waals surface area contributed by atoms with Crippen LogP contribution in [0.1, 0.15) is 30.1 Å². The van der Waals surface area contributed by atoms with Gasteiger partial charge in [-0.15, -0.1) is 21.5 Å². The third-order valence-electron chi connectivity index (χ3n) is 4.63. The molecule has 0 spiro atoms. The van der Waals surface area contributed by atoms with Crippen molar-refractivity contribution in [1.29, 1.82) is 0 Å². The molecule has 0 aliphatic heterocycles. The van der Waals surface area contributed by atoms with Crippen molar-refractivity contribution in [3.63, 3.8) is 0 Å². The summed E-state index contributed by atoms with van der Waals surface area (Å²) in [5.74, 6) is 2.77. The maximum atomic E-state index is 5.54. The lowest BCUT2D eigenvalue weighted by molar-refractivity contribution is 0.340. The summed E-state index contributed by atoms with van der Waals surface area (Å²) in [5.41, 5.74) is 1.21. The minimum absolute atomic E-state index is 0.667. The number of aliphatic imine (C=N–C) groups is 1. The van der Waals surface area contributed by atoms with Gasteiger partial charge in [-0.2, -0.15) is 0 Å². The highest BCUT2D eigenvalue weighted by atomic mass is 32.1. The molecule has 3 aromatic rings. The lowest BCUT2D eigenvalue weighted by atomic mass is 10.2. The molecule has 3 rings (SSSR count). The molecular weight excluding hydrogens is 396 g/mol. The second-order valence-corrected chi connectivity index (χ2v) is 7.91. The van der Waals surface area contributed by atoms with Crippen LogP contribution in [0.4, 0.5) is 0 Å². The van der Waals surface area contributed by atoms with Gasteiger partial charge >= 0.3 is 0 Å². The first-order valence-corrected chi connectivity index (χ1v) is 11.2. The minimum Gasteiger partial charge on any atom is -0.494 e. The molecule has 0 saturated carbocycles. The van der Waals surface area contributed by atoms with Gasteiger partial charge in [-0.25, -0.2) is 4.99 Å². The number of hydrogen-bond acceptors (Lipinski definition) is 5. The first-order valence-electron chi connectivity index (χ1n) is 10.3. The second-order valence-electron chi connectivity index (χ2n) is 6.87. The summed E-state index contributed by atoms with van der Waals surface area (Å²) in [6, 6.07) is 12.4. The van der Waals surface area contributed by atoms with Gasteiger partial charge in [0.2, 0.25) is 0 Å². The van der Waals surface area contributed by atoms with E-state index in [1.807, 2.05) is 19.1 Å². The third kappa shape index (κ3) is 6.32. The summed E-state index contributed by atoms with van der Waals surface area (Å²) in [7, 11) is 2.06. The van der Waals surface area contributed by atoms with E-state index in [0.717, 1.165) is 43.6 Å². The third-order valence-corrected chi connectivity index (χ3v) is 5.49. The number of nitrogens with one attached hydrogen (secondary N) is 1. The average Bonchev–Trinajstić information content (AvgIpc) is 3.43. The predicted octanol–water partition coefficient (Wildman–Crippen LogP) is 3.58. The van der Waals surface area contributed by atoms with Crippen LogP contribution in [-0.2, 0) is 26.1 Å². The summed E-state index contributed by atoms with van der Waals surface area (Å²) < 4.78 is 7.62. The summed E-state index contributed by atoms with van der Waals surface area (Å²) >= 11 is 1.73. The van der Waals surface area contributed by atoms with Gasteiger partial charge in [0.15, 0.2) is 5.96 Å². The zero-order chi connectivity index (χ0) is 21.2. The summed E-state index contributed by atoms with van der Waals surface area (Å²) in [6.45, 7) is 7.73. The van der Waals surface area contributed by atoms with Gasteiger partial charge in [0, 0.05) is 38.0 Å². The minimum atomic E-state index is 0.667. The highest BCUT2D eigenvalue weighted by Crippen LogP contribution is 2.14. The van der Waals surface area contributed by atoms with E-state index in [1.54, 1.807) is 17.7 Å². The Labute approximate surface area is 182 Å². The number of aryl methyl sites for hydroxylation is 1. The van der Waals surface area contributed by atoms with E-state index in [-0.39, 0.29) is 0 Å². The Hall–Kier alpha value is -2.87. The lowest BCUT2D eigenvalue weighted by Crippen LogP contribution is -2.40. The molecule has 0 radical (unpaired) electrons. The number of guanidine groups is 1. The number of benzene rings is 1. The molecule has 7 nitrogen and oxygen atoms in total. The SMILES string of the molecule is CCOc1ccc(CN(C)C(=NCc2cccs2)NCCn2cnnc2CC)cc1. The van der Waals surface area contributed by atoms with E-state index >= 15 is 0 Å². The van der Waals surface area contributed by atoms with Crippen LogP contribution in [0, 0.1) is 0 Å². The Bertz CT molecular complexity index is 904. The number of hydrogen-bond donors (Lipinski definition) is 1. The fraction of sp³-hybridized carbons (Fsp3) is 0.409. The fourth-order valence-corrected chi connectivity index (χ4v) is 3.73. The van der Waals surface area contributed by atoms with Crippen molar-refractivity contribution in [2.24, 2.45) is 4.99 Å². The Morgan fingerprint density at radius 3 is 2.77 bits per heavy atom. The molecule has 0 atom stereocenters. The smallest absolute Gasteiger partial charge is 0.194 e. The van der Waals surface area contributed by atoms with Crippen molar-refractivity contribution in [3.8, 4) is 5.75 Å². The number of thiophene rings is 1. The van der Waals surface area contributed by atoms with E-state index in [0.29, 0.717) is 13.2 Å². The normalized spacial score (nSPS) is 11.5. The van der Waals surface area contributed by atoms with E-state index in [1.165, 1.54) is 10.4 Å². The van der Waals surface area contributed by atoms with Crippen LogP contribution in [0.3, 0.4) is 0 Å². The Balaban J connectivity index is 1.64. The number of nitrogens with zero attached hydrogens (tertiary/aromatic N) is 5. The fourth-order valence-electron chi connectivity index (χ4n) is 3.10. The van der Waals surface area contributed by atoms with Crippen molar-refractivity contribution in [2.75, 3.05) is 20.2 Å². The van der Waals surface area contributed by atoms with Gasteiger partial charge in [-0.1, -0.05) is 25.1 Å². The molecule has 1 aromatic carbocycles. The molecule has 30 heavy (non-hydrogen) atoms. The summed E-state index contributed by atoms with van der Waals surface area (Å²) in [4.78, 5) is 8.24. The number of ether oxygens (including phenoxy) is 1. The van der Waals surface area contributed by atoms with Crippen molar-refractivity contribution in [3.05, 3.63) is 64.4 Å². The first kappa shape index (κ1) is 21.8. The Kier molecular flexibility index (Phi) is 8.26. The molecule has 0 bridgehead atoms. The van der Waals surface area contributed by atoms with Gasteiger partial charge in [0.1, 0.15) is 17.9 Å². The molecule has 1 N–H and O–H groups in total. The molecular formula is C22H30N6OS. The number of rotatable bonds is 10. The van der Waals surface area contributed by atoms with Crippen LogP contribution in [0.25, 0.3) is 0 Å². The standard InChI is InChI=1S/C22H30N6OS/c1-4-21-26-25-17-28(21)13-12-23-22(24-15-20-7-6-14-30-20)27(3)16-18-8-10-19(11-9-18)29-5-2/h6-11,14,17H,4-5,12-13,15-16H2,1-3H3,(H,23,24). The van der Waals surface area contributed by atoms with Crippen molar-refractivity contribution in [2.45, 2.75) is 39.9 Å². The summed E-state index contributed by atoms with van der Waals surface area (Å²) in [6.07, 6.45) is 2.66. The quantitative estimate of drug-likeness (QED) is 0.396. The first-order chi connectivity index (χ1) is 14.7. The molecule has 0 amide bonds. The zero-order valence-corrected chi connectivity index (χ0v) is 18.7. The molecule has 0 fully saturated rings. The largest absolute Gasteiger partial charge is 0.494 e. The highest BCUT2D eigenvalue weighted by molar-refractivity contribution is 7.09. The molecule has 0 unspecified atom stereocenters. The van der Waals surface area contributed by atoms with Crippen LogP contribution < -0.4 is 10.1 Å². The Morgan fingerprint density at radius 2 is 2.07 bits per heavy atom. The zero-order valence-electron chi connectivity index (χ0n) is 17.9.